The maximum absolute atomic E-state index is 13.4. The molecule has 0 amide bonds. The third kappa shape index (κ3) is 3.64. The van der Waals surface area contributed by atoms with Crippen molar-refractivity contribution in [3.63, 3.8) is 0 Å². The molecule has 2 heterocycles. The first kappa shape index (κ1) is 18.2. The van der Waals surface area contributed by atoms with Gasteiger partial charge in [0, 0.05) is 30.2 Å². The molecule has 1 aliphatic carbocycles. The predicted molar refractivity (Wildman–Crippen MR) is 98.0 cm³/mol. The van der Waals surface area contributed by atoms with Crippen molar-refractivity contribution in [1.29, 1.82) is 0 Å². The van der Waals surface area contributed by atoms with E-state index in [4.69, 9.17) is 0 Å². The SMILES string of the molecule is O=c1cc(CN[C@H]2CCC[C@@H]2c2ccccc2C(F)(F)F)nc2sccn12. The fourth-order valence-electron chi connectivity index (χ4n) is 3.87. The molecule has 1 aliphatic rings. The van der Waals surface area contributed by atoms with Crippen LogP contribution in [-0.4, -0.2) is 15.4 Å². The van der Waals surface area contributed by atoms with E-state index in [1.54, 1.807) is 23.7 Å². The number of hydrogen-bond donors (Lipinski definition) is 1. The molecule has 1 aromatic carbocycles. The standard InChI is InChI=1S/C19H18F3N3OS/c20-19(21,22)15-6-2-1-4-13(15)14-5-3-7-16(14)23-11-12-10-17(26)25-8-9-27-18(25)24-12/h1-2,4,6,8-10,14,16,23H,3,5,7,11H2/t14-,16+/m1/s1. The smallest absolute Gasteiger partial charge is 0.308 e. The molecule has 1 fully saturated rings. The summed E-state index contributed by atoms with van der Waals surface area (Å²) in [5.41, 5.74) is 0.252. The van der Waals surface area contributed by atoms with E-state index in [0.29, 0.717) is 29.2 Å². The Hall–Kier alpha value is -2.19. The van der Waals surface area contributed by atoms with Crippen molar-refractivity contribution in [2.45, 2.75) is 43.9 Å². The number of rotatable bonds is 4. The van der Waals surface area contributed by atoms with Crippen LogP contribution in [0.4, 0.5) is 13.2 Å². The Morgan fingerprint density at radius 2 is 2.07 bits per heavy atom. The minimum Gasteiger partial charge on any atom is -0.308 e. The van der Waals surface area contributed by atoms with E-state index in [2.05, 4.69) is 10.3 Å². The van der Waals surface area contributed by atoms with Gasteiger partial charge in [0.1, 0.15) is 0 Å². The molecule has 2 atom stereocenters. The molecule has 0 saturated heterocycles. The largest absolute Gasteiger partial charge is 0.416 e. The third-order valence-corrected chi connectivity index (χ3v) is 5.84. The normalized spacial score (nSPS) is 20.4. The second-order valence-electron chi connectivity index (χ2n) is 6.75. The van der Waals surface area contributed by atoms with Gasteiger partial charge in [-0.05, 0) is 30.4 Å². The minimum atomic E-state index is -4.36. The maximum atomic E-state index is 13.4. The fourth-order valence-corrected chi connectivity index (χ4v) is 4.61. The van der Waals surface area contributed by atoms with Crippen LogP contribution in [0, 0.1) is 0 Å². The Morgan fingerprint density at radius 3 is 2.89 bits per heavy atom. The number of hydrogen-bond acceptors (Lipinski definition) is 4. The summed E-state index contributed by atoms with van der Waals surface area (Å²) in [7, 11) is 0. The highest BCUT2D eigenvalue weighted by molar-refractivity contribution is 7.15. The zero-order valence-corrected chi connectivity index (χ0v) is 15.2. The van der Waals surface area contributed by atoms with Gasteiger partial charge in [0.25, 0.3) is 5.56 Å². The van der Waals surface area contributed by atoms with Gasteiger partial charge in [0.2, 0.25) is 0 Å². The topological polar surface area (TPSA) is 46.4 Å². The van der Waals surface area contributed by atoms with Gasteiger partial charge >= 0.3 is 6.18 Å². The van der Waals surface area contributed by atoms with E-state index in [-0.39, 0.29) is 17.5 Å². The summed E-state index contributed by atoms with van der Waals surface area (Å²) in [4.78, 5) is 17.1. The number of benzene rings is 1. The van der Waals surface area contributed by atoms with Gasteiger partial charge in [-0.25, -0.2) is 4.98 Å². The molecule has 3 aromatic rings. The van der Waals surface area contributed by atoms with Crippen molar-refractivity contribution in [2.75, 3.05) is 0 Å². The quantitative estimate of drug-likeness (QED) is 0.723. The molecule has 1 N–H and O–H groups in total. The molecule has 0 unspecified atom stereocenters. The number of thiazole rings is 1. The Kier molecular flexibility index (Phi) is 4.77. The first-order chi connectivity index (χ1) is 12.9. The van der Waals surface area contributed by atoms with Crippen LogP contribution in [0.1, 0.15) is 42.0 Å². The lowest BCUT2D eigenvalue weighted by atomic mass is 9.89. The molecule has 4 rings (SSSR count). The van der Waals surface area contributed by atoms with Crippen molar-refractivity contribution in [1.82, 2.24) is 14.7 Å². The molecular formula is C19H18F3N3OS. The second-order valence-corrected chi connectivity index (χ2v) is 7.62. The number of nitrogens with zero attached hydrogens (tertiary/aromatic N) is 2. The summed E-state index contributed by atoms with van der Waals surface area (Å²) in [5, 5.41) is 5.13. The van der Waals surface area contributed by atoms with Crippen molar-refractivity contribution in [2.24, 2.45) is 0 Å². The Bertz CT molecular complexity index is 1010. The monoisotopic (exact) mass is 393 g/mol. The summed E-state index contributed by atoms with van der Waals surface area (Å²) in [5.74, 6) is -0.200. The van der Waals surface area contributed by atoms with Crippen molar-refractivity contribution >= 4 is 16.3 Å². The van der Waals surface area contributed by atoms with Crippen LogP contribution in [0.15, 0.2) is 46.7 Å². The molecule has 27 heavy (non-hydrogen) atoms. The average molecular weight is 393 g/mol. The zero-order chi connectivity index (χ0) is 19.0. The molecular weight excluding hydrogens is 375 g/mol. The van der Waals surface area contributed by atoms with Crippen LogP contribution in [-0.2, 0) is 12.7 Å². The van der Waals surface area contributed by atoms with Gasteiger partial charge in [-0.2, -0.15) is 13.2 Å². The number of alkyl halides is 3. The first-order valence-corrected chi connectivity index (χ1v) is 9.67. The van der Waals surface area contributed by atoms with Gasteiger partial charge in [-0.1, -0.05) is 24.6 Å². The molecule has 0 aliphatic heterocycles. The van der Waals surface area contributed by atoms with E-state index < -0.39 is 11.7 Å². The second kappa shape index (κ2) is 7.09. The number of nitrogens with one attached hydrogen (secondary N) is 1. The highest BCUT2D eigenvalue weighted by Gasteiger charge is 2.38. The van der Waals surface area contributed by atoms with E-state index in [1.807, 2.05) is 0 Å². The van der Waals surface area contributed by atoms with Crippen LogP contribution >= 0.6 is 11.3 Å². The van der Waals surface area contributed by atoms with E-state index >= 15 is 0 Å². The van der Waals surface area contributed by atoms with Gasteiger partial charge in [0.15, 0.2) is 4.96 Å². The molecule has 1 saturated carbocycles. The van der Waals surface area contributed by atoms with Crippen LogP contribution in [0.2, 0.25) is 0 Å². The Balaban J connectivity index is 1.55. The number of halogens is 3. The molecule has 8 heteroatoms. The summed E-state index contributed by atoms with van der Waals surface area (Å²) in [6.07, 6.45) is -0.297. The lowest BCUT2D eigenvalue weighted by molar-refractivity contribution is -0.138. The molecule has 2 aromatic heterocycles. The van der Waals surface area contributed by atoms with Crippen molar-refractivity contribution in [3.8, 4) is 0 Å². The summed E-state index contributed by atoms with van der Waals surface area (Å²) >= 11 is 1.37. The third-order valence-electron chi connectivity index (χ3n) is 5.08. The van der Waals surface area contributed by atoms with Crippen molar-refractivity contribution < 1.29 is 13.2 Å². The molecule has 0 radical (unpaired) electrons. The maximum Gasteiger partial charge on any atom is 0.416 e. The molecule has 0 bridgehead atoms. The summed E-state index contributed by atoms with van der Waals surface area (Å²) < 4.78 is 41.6. The highest BCUT2D eigenvalue weighted by Crippen LogP contribution is 2.41. The van der Waals surface area contributed by atoms with E-state index in [1.165, 1.54) is 27.9 Å². The van der Waals surface area contributed by atoms with E-state index in [9.17, 15) is 18.0 Å². The lowest BCUT2D eigenvalue weighted by Crippen LogP contribution is -2.32. The Labute approximate surface area is 157 Å². The van der Waals surface area contributed by atoms with Gasteiger partial charge in [-0.3, -0.25) is 9.20 Å². The molecule has 4 nitrogen and oxygen atoms in total. The average Bonchev–Trinajstić information content (AvgIpc) is 3.28. The first-order valence-electron chi connectivity index (χ1n) is 8.79. The van der Waals surface area contributed by atoms with Crippen LogP contribution in [0.25, 0.3) is 4.96 Å². The van der Waals surface area contributed by atoms with Gasteiger partial charge in [-0.15, -0.1) is 11.3 Å². The Morgan fingerprint density at radius 1 is 1.26 bits per heavy atom. The number of fused-ring (bicyclic) bond motifs is 1. The van der Waals surface area contributed by atoms with Crippen LogP contribution in [0.3, 0.4) is 0 Å². The minimum absolute atomic E-state index is 0.0721. The molecule has 142 valence electrons. The van der Waals surface area contributed by atoms with Crippen LogP contribution < -0.4 is 10.9 Å². The lowest BCUT2D eigenvalue weighted by Gasteiger charge is -2.24. The zero-order valence-electron chi connectivity index (χ0n) is 14.4. The molecule has 0 spiro atoms. The summed E-state index contributed by atoms with van der Waals surface area (Å²) in [6.45, 7) is 0.360. The van der Waals surface area contributed by atoms with Crippen molar-refractivity contribution in [3.05, 3.63) is 69.1 Å². The highest BCUT2D eigenvalue weighted by atomic mass is 32.1. The van der Waals surface area contributed by atoms with Gasteiger partial charge < -0.3 is 5.32 Å². The fraction of sp³-hybridized carbons (Fsp3) is 0.368. The van der Waals surface area contributed by atoms with Crippen LogP contribution in [0.5, 0.6) is 0 Å². The van der Waals surface area contributed by atoms with E-state index in [0.717, 1.165) is 18.9 Å². The number of aromatic nitrogens is 2. The predicted octanol–water partition coefficient (Wildman–Crippen LogP) is 4.20. The summed E-state index contributed by atoms with van der Waals surface area (Å²) in [6, 6.07) is 7.22. The van der Waals surface area contributed by atoms with Gasteiger partial charge in [0.05, 0.1) is 11.3 Å².